The Morgan fingerprint density at radius 3 is 2.93 bits per heavy atom. The number of hydrogen-bond donors (Lipinski definition) is 1. The molecule has 0 atom stereocenters. The lowest BCUT2D eigenvalue weighted by atomic mass is 10.5. The van der Waals surface area contributed by atoms with Crippen LogP contribution >= 0.6 is 15.9 Å². The fourth-order valence-electron chi connectivity index (χ4n) is 1.09. The van der Waals surface area contributed by atoms with E-state index in [1.165, 1.54) is 6.33 Å². The van der Waals surface area contributed by atoms with Gasteiger partial charge in [-0.3, -0.25) is 0 Å². The number of nitrogens with one attached hydrogen (secondary N) is 1. The van der Waals surface area contributed by atoms with Crippen LogP contribution in [0.2, 0.25) is 0 Å². The summed E-state index contributed by atoms with van der Waals surface area (Å²) in [5, 5.41) is 3.09. The molecule has 2 heterocycles. The maximum Gasteiger partial charge on any atom is 0.213 e. The van der Waals surface area contributed by atoms with E-state index in [2.05, 4.69) is 36.2 Å². The predicted molar refractivity (Wildman–Crippen MR) is 58.3 cm³/mol. The van der Waals surface area contributed by atoms with Crippen molar-refractivity contribution in [2.45, 2.75) is 13.5 Å². The minimum Gasteiger partial charge on any atom is -0.444 e. The Morgan fingerprint density at radius 1 is 1.40 bits per heavy atom. The molecule has 6 heteroatoms. The van der Waals surface area contributed by atoms with Gasteiger partial charge in [-0.05, 0) is 22.9 Å². The summed E-state index contributed by atoms with van der Waals surface area (Å²) in [6.45, 7) is 2.36. The van der Waals surface area contributed by atoms with Crippen LogP contribution in [0.5, 0.6) is 0 Å². The summed E-state index contributed by atoms with van der Waals surface area (Å²) in [5.41, 5.74) is 0. The molecule has 2 aromatic heterocycles. The highest BCUT2D eigenvalue weighted by molar-refractivity contribution is 9.10. The van der Waals surface area contributed by atoms with E-state index in [4.69, 9.17) is 4.42 Å². The second-order valence-corrected chi connectivity index (χ2v) is 3.79. The zero-order valence-electron chi connectivity index (χ0n) is 8.07. The van der Waals surface area contributed by atoms with Crippen molar-refractivity contribution in [2.24, 2.45) is 0 Å². The molecule has 0 radical (unpaired) electrons. The Labute approximate surface area is 95.1 Å². The van der Waals surface area contributed by atoms with Crippen molar-refractivity contribution in [3.8, 4) is 0 Å². The molecule has 0 saturated heterocycles. The van der Waals surface area contributed by atoms with Gasteiger partial charge in [0.1, 0.15) is 17.9 Å². The summed E-state index contributed by atoms with van der Waals surface area (Å²) in [7, 11) is 0. The monoisotopic (exact) mass is 268 g/mol. The lowest BCUT2D eigenvalue weighted by molar-refractivity contribution is 0.478. The van der Waals surface area contributed by atoms with Crippen LogP contribution in [0.25, 0.3) is 0 Å². The average molecular weight is 269 g/mol. The van der Waals surface area contributed by atoms with Gasteiger partial charge in [-0.15, -0.1) is 0 Å². The second-order valence-electron chi connectivity index (χ2n) is 2.94. The average Bonchev–Trinajstić information content (AvgIpc) is 2.63. The van der Waals surface area contributed by atoms with E-state index < -0.39 is 0 Å². The van der Waals surface area contributed by atoms with Crippen LogP contribution < -0.4 is 5.32 Å². The number of aryl methyl sites for hydroxylation is 1. The van der Waals surface area contributed by atoms with E-state index in [9.17, 15) is 0 Å². The number of rotatable bonds is 3. The van der Waals surface area contributed by atoms with Gasteiger partial charge in [-0.2, -0.15) is 0 Å². The smallest absolute Gasteiger partial charge is 0.213 e. The fourth-order valence-corrected chi connectivity index (χ4v) is 1.45. The fraction of sp³-hybridized carbons (Fsp3) is 0.222. The lowest BCUT2D eigenvalue weighted by Crippen LogP contribution is -2.02. The maximum absolute atomic E-state index is 5.31. The van der Waals surface area contributed by atoms with Crippen LogP contribution in [-0.2, 0) is 6.54 Å². The molecule has 1 N–H and O–H groups in total. The topological polar surface area (TPSA) is 63.8 Å². The Morgan fingerprint density at radius 2 is 2.27 bits per heavy atom. The van der Waals surface area contributed by atoms with Crippen molar-refractivity contribution in [3.63, 3.8) is 0 Å². The molecule has 0 unspecified atom stereocenters. The summed E-state index contributed by atoms with van der Waals surface area (Å²) in [5.74, 6) is 2.16. The number of halogens is 1. The number of nitrogens with zero attached hydrogens (tertiary/aromatic N) is 3. The van der Waals surface area contributed by atoms with Crippen molar-refractivity contribution < 1.29 is 4.42 Å². The molecule has 0 fully saturated rings. The van der Waals surface area contributed by atoms with Crippen LogP contribution in [-0.4, -0.2) is 15.0 Å². The zero-order chi connectivity index (χ0) is 10.7. The molecule has 0 aromatic carbocycles. The highest BCUT2D eigenvalue weighted by Gasteiger charge is 2.03. The molecule has 0 aliphatic rings. The molecular formula is C9H9BrN4O. The van der Waals surface area contributed by atoms with Gasteiger partial charge in [-0.25, -0.2) is 15.0 Å². The van der Waals surface area contributed by atoms with E-state index in [0.29, 0.717) is 12.4 Å². The first-order valence-corrected chi connectivity index (χ1v) is 5.15. The van der Waals surface area contributed by atoms with Gasteiger partial charge < -0.3 is 9.73 Å². The molecule has 15 heavy (non-hydrogen) atoms. The Kier molecular flexibility index (Phi) is 2.96. The van der Waals surface area contributed by atoms with Crippen molar-refractivity contribution in [1.82, 2.24) is 15.0 Å². The Bertz CT molecular complexity index is 457. The third kappa shape index (κ3) is 2.53. The minimum absolute atomic E-state index is 0.503. The maximum atomic E-state index is 5.31. The van der Waals surface area contributed by atoms with Gasteiger partial charge in [-0.1, -0.05) is 0 Å². The molecule has 0 spiro atoms. The number of oxazole rings is 1. The zero-order valence-corrected chi connectivity index (χ0v) is 9.65. The molecule has 2 rings (SSSR count). The van der Waals surface area contributed by atoms with Crippen LogP contribution in [0.15, 0.2) is 27.6 Å². The van der Waals surface area contributed by atoms with Crippen LogP contribution in [0.3, 0.4) is 0 Å². The molecule has 0 bridgehead atoms. The lowest BCUT2D eigenvalue weighted by Gasteiger charge is -2.03. The standard InChI is InChI=1S/C9H9BrN4O/c1-6-2-12-8(15-6)4-13-9-7(10)3-11-5-14-9/h2-3,5H,4H2,1H3,(H,11,13,14). The molecule has 2 aromatic rings. The summed E-state index contributed by atoms with van der Waals surface area (Å²) >= 11 is 3.34. The van der Waals surface area contributed by atoms with E-state index >= 15 is 0 Å². The summed E-state index contributed by atoms with van der Waals surface area (Å²) < 4.78 is 6.13. The van der Waals surface area contributed by atoms with Gasteiger partial charge in [0.2, 0.25) is 5.89 Å². The number of hydrogen-bond acceptors (Lipinski definition) is 5. The first-order valence-electron chi connectivity index (χ1n) is 4.36. The van der Waals surface area contributed by atoms with Gasteiger partial charge in [0.25, 0.3) is 0 Å². The van der Waals surface area contributed by atoms with Gasteiger partial charge in [0.05, 0.1) is 17.2 Å². The van der Waals surface area contributed by atoms with Crippen LogP contribution in [0.4, 0.5) is 5.82 Å². The molecule has 5 nitrogen and oxygen atoms in total. The van der Waals surface area contributed by atoms with Crippen molar-refractivity contribution >= 4 is 21.7 Å². The number of aromatic nitrogens is 3. The third-order valence-electron chi connectivity index (χ3n) is 1.74. The SMILES string of the molecule is Cc1cnc(CNc2ncncc2Br)o1. The Balaban J connectivity index is 2.02. The molecule has 0 aliphatic carbocycles. The van der Waals surface area contributed by atoms with E-state index in [0.717, 1.165) is 16.1 Å². The van der Waals surface area contributed by atoms with Crippen LogP contribution in [0, 0.1) is 6.92 Å². The summed E-state index contributed by atoms with van der Waals surface area (Å²) in [6, 6.07) is 0. The number of anilines is 1. The second kappa shape index (κ2) is 4.39. The normalized spacial score (nSPS) is 10.3. The molecule has 0 saturated carbocycles. The van der Waals surface area contributed by atoms with Crippen molar-refractivity contribution in [3.05, 3.63) is 34.8 Å². The van der Waals surface area contributed by atoms with E-state index in [1.807, 2.05) is 6.92 Å². The Hall–Kier alpha value is -1.43. The molecule has 0 aliphatic heterocycles. The molecular weight excluding hydrogens is 260 g/mol. The molecule has 0 amide bonds. The van der Waals surface area contributed by atoms with Crippen molar-refractivity contribution in [2.75, 3.05) is 5.32 Å². The van der Waals surface area contributed by atoms with E-state index in [1.54, 1.807) is 12.4 Å². The predicted octanol–water partition coefficient (Wildman–Crippen LogP) is 2.15. The third-order valence-corrected chi connectivity index (χ3v) is 2.32. The highest BCUT2D eigenvalue weighted by atomic mass is 79.9. The first kappa shape index (κ1) is 10.1. The first-order chi connectivity index (χ1) is 7.25. The van der Waals surface area contributed by atoms with Crippen LogP contribution in [0.1, 0.15) is 11.7 Å². The highest BCUT2D eigenvalue weighted by Crippen LogP contribution is 2.17. The quantitative estimate of drug-likeness (QED) is 0.924. The summed E-state index contributed by atoms with van der Waals surface area (Å²) in [4.78, 5) is 12.0. The summed E-state index contributed by atoms with van der Waals surface area (Å²) in [6.07, 6.45) is 4.84. The van der Waals surface area contributed by atoms with Crippen molar-refractivity contribution in [1.29, 1.82) is 0 Å². The van der Waals surface area contributed by atoms with E-state index in [-0.39, 0.29) is 0 Å². The largest absolute Gasteiger partial charge is 0.444 e. The van der Waals surface area contributed by atoms with Gasteiger partial charge >= 0.3 is 0 Å². The minimum atomic E-state index is 0.503. The van der Waals surface area contributed by atoms with Gasteiger partial charge in [0, 0.05) is 6.20 Å². The molecule has 78 valence electrons. The van der Waals surface area contributed by atoms with Gasteiger partial charge in [0.15, 0.2) is 0 Å².